The maximum atomic E-state index is 15.4. The first-order chi connectivity index (χ1) is 22.1. The molecule has 0 spiro atoms. The van der Waals surface area contributed by atoms with Gasteiger partial charge in [-0.1, -0.05) is 6.07 Å². The molecule has 0 radical (unpaired) electrons. The number of rotatable bonds is 7. The van der Waals surface area contributed by atoms with E-state index in [1.807, 2.05) is 0 Å². The van der Waals surface area contributed by atoms with Crippen molar-refractivity contribution in [3.63, 3.8) is 0 Å². The maximum Gasteiger partial charge on any atom is 0.501 e. The average molecular weight is 887 g/mol. The summed E-state index contributed by atoms with van der Waals surface area (Å²) in [5.74, 6) is -15.2. The van der Waals surface area contributed by atoms with Gasteiger partial charge in [0.25, 0.3) is 15.7 Å². The first-order valence-electron chi connectivity index (χ1n) is 12.2. The van der Waals surface area contributed by atoms with Gasteiger partial charge in [0.05, 0.1) is 16.9 Å². The topological polar surface area (TPSA) is 104 Å². The van der Waals surface area contributed by atoms with Crippen molar-refractivity contribution in [1.29, 1.82) is 0 Å². The molecule has 280 valence electrons. The number of halogens is 17. The first-order valence-corrected chi connectivity index (χ1v) is 14.8. The summed E-state index contributed by atoms with van der Waals surface area (Å²) >= 11 is 0.531. The van der Waals surface area contributed by atoms with Crippen molar-refractivity contribution in [2.75, 3.05) is 30.9 Å². The van der Waals surface area contributed by atoms with Crippen molar-refractivity contribution in [3.8, 4) is 0 Å². The number of sulfone groups is 1. The highest BCUT2D eigenvalue weighted by molar-refractivity contribution is 14.1. The lowest BCUT2D eigenvalue weighted by molar-refractivity contribution is -0.389. The van der Waals surface area contributed by atoms with Crippen LogP contribution in [0.1, 0.15) is 15.9 Å². The van der Waals surface area contributed by atoms with E-state index in [4.69, 9.17) is 0 Å². The van der Waals surface area contributed by atoms with Crippen LogP contribution in [-0.2, 0) is 25.1 Å². The van der Waals surface area contributed by atoms with Gasteiger partial charge in [0.15, 0.2) is 5.82 Å². The molecule has 1 atom stereocenters. The van der Waals surface area contributed by atoms with E-state index in [2.05, 4.69) is 0 Å². The summed E-state index contributed by atoms with van der Waals surface area (Å²) in [5.41, 5.74) is -20.9. The van der Waals surface area contributed by atoms with Crippen LogP contribution in [0.4, 0.5) is 81.6 Å². The molecule has 26 heteroatoms. The molecule has 2 aromatic rings. The molecule has 8 nitrogen and oxygen atoms in total. The largest absolute Gasteiger partial charge is 0.501 e. The van der Waals surface area contributed by atoms with Gasteiger partial charge >= 0.3 is 47.4 Å². The fraction of sp³-hybridized carbons (Fsp3) is 0.375. The van der Waals surface area contributed by atoms with Crippen molar-refractivity contribution in [1.82, 2.24) is 4.90 Å². The van der Waals surface area contributed by atoms with Crippen LogP contribution in [0.2, 0.25) is 0 Å². The lowest BCUT2D eigenvalue weighted by Crippen LogP contribution is -2.59. The van der Waals surface area contributed by atoms with Gasteiger partial charge in [-0.05, 0) is 46.9 Å². The number of hydrogen-bond donors (Lipinski definition) is 1. The minimum atomic E-state index is -7.47. The van der Waals surface area contributed by atoms with E-state index in [0.717, 1.165) is 0 Å². The van der Waals surface area contributed by atoms with Gasteiger partial charge in [0.1, 0.15) is 11.4 Å². The Morgan fingerprint density at radius 2 is 1.32 bits per heavy atom. The third-order valence-electron chi connectivity index (χ3n) is 6.30. The number of nitrogens with one attached hydrogen (secondary N) is 1. The molecule has 1 N–H and O–H groups in total. The van der Waals surface area contributed by atoms with Crippen LogP contribution in [0, 0.1) is 9.39 Å². The summed E-state index contributed by atoms with van der Waals surface area (Å²) in [5, 5.41) is 1.28. The highest BCUT2D eigenvalue weighted by Crippen LogP contribution is 2.59. The Morgan fingerprint density at radius 3 is 1.76 bits per heavy atom. The number of benzene rings is 2. The Kier molecular flexibility index (Phi) is 11.5. The second kappa shape index (κ2) is 13.5. The summed E-state index contributed by atoms with van der Waals surface area (Å²) in [4.78, 5) is 34.6. The zero-order valence-corrected chi connectivity index (χ0v) is 26.8. The standard InChI is InChI=1S/C24H14F16IN3O5S/c1-43(8-19(26,27)28)17(46)18(47)44(2)12-5-3-4-10(14(12)25)16(45)42-15-11(41)6-9(7-13(15)50(48,49)24(38,39)40)20(29,22(32,33)34)21(30,31)23(35,36)37/h3-7H,8H2,1-2H3,(H,42,45). The van der Waals surface area contributed by atoms with Crippen LogP contribution in [0.25, 0.3) is 0 Å². The molecule has 0 aromatic heterocycles. The third-order valence-corrected chi connectivity index (χ3v) is 8.66. The van der Waals surface area contributed by atoms with E-state index >= 15 is 8.78 Å². The molecule has 2 aromatic carbocycles. The number of nitrogens with zero attached hydrogens (tertiary/aromatic N) is 2. The normalized spacial score (nSPS) is 14.5. The fourth-order valence-corrected chi connectivity index (χ4v) is 5.75. The lowest BCUT2D eigenvalue weighted by atomic mass is 9.87. The molecule has 0 bridgehead atoms. The van der Waals surface area contributed by atoms with Gasteiger partial charge in [-0.15, -0.1) is 0 Å². The van der Waals surface area contributed by atoms with Crippen LogP contribution < -0.4 is 10.2 Å². The van der Waals surface area contributed by atoms with Crippen LogP contribution in [0.15, 0.2) is 35.2 Å². The minimum Gasteiger partial charge on any atom is -0.328 e. The molecule has 0 saturated carbocycles. The smallest absolute Gasteiger partial charge is 0.328 e. The van der Waals surface area contributed by atoms with E-state index in [9.17, 15) is 84.3 Å². The molecule has 0 aliphatic carbocycles. The molecule has 2 rings (SSSR count). The van der Waals surface area contributed by atoms with Gasteiger partial charge in [-0.3, -0.25) is 14.4 Å². The predicted octanol–water partition coefficient (Wildman–Crippen LogP) is 6.88. The van der Waals surface area contributed by atoms with Crippen molar-refractivity contribution in [3.05, 3.63) is 50.8 Å². The number of likely N-dealkylation sites (N-methyl/N-ethyl adjacent to an activating group) is 2. The summed E-state index contributed by atoms with van der Waals surface area (Å²) in [7, 11) is -6.07. The first kappa shape index (κ1) is 42.6. The number of amides is 3. The van der Waals surface area contributed by atoms with E-state index in [0.29, 0.717) is 54.9 Å². The Labute approximate surface area is 281 Å². The average Bonchev–Trinajstić information content (AvgIpc) is 2.93. The zero-order valence-electron chi connectivity index (χ0n) is 23.9. The van der Waals surface area contributed by atoms with Gasteiger partial charge < -0.3 is 15.1 Å². The monoisotopic (exact) mass is 887 g/mol. The molecular weight excluding hydrogens is 873 g/mol. The lowest BCUT2D eigenvalue weighted by Gasteiger charge is -2.36. The minimum absolute atomic E-state index is 0.0538. The molecular formula is C24H14F16IN3O5S. The molecule has 0 aliphatic rings. The van der Waals surface area contributed by atoms with Gasteiger partial charge in [0, 0.05) is 23.2 Å². The van der Waals surface area contributed by atoms with Crippen LogP contribution in [-0.4, -0.2) is 81.6 Å². The molecule has 0 heterocycles. The van der Waals surface area contributed by atoms with E-state index in [1.54, 1.807) is 0 Å². The van der Waals surface area contributed by atoms with E-state index < -0.39 is 119 Å². The SMILES string of the molecule is CN(CC(F)(F)F)C(=O)C(=O)N(C)c1cccc(C(=O)Nc2c(I)cc(C(F)(C(F)(F)F)C(F)(F)C(F)(F)F)cc2S(=O)(=O)C(F)(F)F)c1F. The number of carbonyl (C=O) groups excluding carboxylic acids is 3. The van der Waals surface area contributed by atoms with Crippen LogP contribution in [0.5, 0.6) is 0 Å². The second-order valence-corrected chi connectivity index (χ2v) is 12.8. The number of carbonyl (C=O) groups is 3. The maximum absolute atomic E-state index is 15.4. The number of hydrogen-bond acceptors (Lipinski definition) is 5. The van der Waals surface area contributed by atoms with E-state index in [-0.39, 0.29) is 9.80 Å². The molecule has 0 saturated heterocycles. The van der Waals surface area contributed by atoms with Crippen molar-refractivity contribution in [2.24, 2.45) is 0 Å². The summed E-state index contributed by atoms with van der Waals surface area (Å²) in [6, 6.07) is -0.0548. The Bertz CT molecular complexity index is 1790. The quantitative estimate of drug-likeness (QED) is 0.186. The molecule has 3 amide bonds. The molecule has 50 heavy (non-hydrogen) atoms. The van der Waals surface area contributed by atoms with Crippen molar-refractivity contribution >= 4 is 61.5 Å². The third kappa shape index (κ3) is 7.83. The highest BCUT2D eigenvalue weighted by Gasteiger charge is 2.82. The zero-order chi connectivity index (χ0) is 39.4. The molecule has 0 aliphatic heterocycles. The van der Waals surface area contributed by atoms with E-state index in [1.165, 1.54) is 5.32 Å². The van der Waals surface area contributed by atoms with Crippen molar-refractivity contribution in [2.45, 2.75) is 40.5 Å². The van der Waals surface area contributed by atoms with Gasteiger partial charge in [0.2, 0.25) is 0 Å². The fourth-order valence-electron chi connectivity index (χ4n) is 3.85. The van der Waals surface area contributed by atoms with Crippen molar-refractivity contribution < 1.29 is 93.0 Å². The number of alkyl halides is 15. The van der Waals surface area contributed by atoms with Crippen LogP contribution in [0.3, 0.4) is 0 Å². The predicted molar refractivity (Wildman–Crippen MR) is 144 cm³/mol. The van der Waals surface area contributed by atoms with Gasteiger partial charge in [-0.2, -0.15) is 61.5 Å². The van der Waals surface area contributed by atoms with Crippen LogP contribution >= 0.6 is 22.6 Å². The summed E-state index contributed by atoms with van der Waals surface area (Å²) in [6.45, 7) is -1.96. The van der Waals surface area contributed by atoms with Gasteiger partial charge in [-0.25, -0.2) is 17.2 Å². The Hall–Kier alpha value is -3.59. The Balaban J connectivity index is 2.79. The number of anilines is 2. The highest BCUT2D eigenvalue weighted by atomic mass is 127. The molecule has 1 unspecified atom stereocenters. The molecule has 0 fully saturated rings. The Morgan fingerprint density at radius 1 is 0.800 bits per heavy atom. The summed E-state index contributed by atoms with van der Waals surface area (Å²) in [6.07, 6.45) is -19.7. The second-order valence-electron chi connectivity index (χ2n) is 9.74. The summed E-state index contributed by atoms with van der Waals surface area (Å²) < 4.78 is 240.